The molecule has 0 fully saturated rings. The lowest BCUT2D eigenvalue weighted by Gasteiger charge is -2.17. The van der Waals surface area contributed by atoms with Crippen molar-refractivity contribution in [1.82, 2.24) is 4.57 Å². The number of methoxy groups -OCH3 is 1. The number of benzene rings is 4. The van der Waals surface area contributed by atoms with E-state index < -0.39 is 35.9 Å². The number of nitrogens with two attached hydrogens (primary N) is 1. The van der Waals surface area contributed by atoms with Gasteiger partial charge in [0.05, 0.1) is 29.3 Å². The summed E-state index contributed by atoms with van der Waals surface area (Å²) in [5.41, 5.74) is 5.09. The van der Waals surface area contributed by atoms with Crippen LogP contribution in [-0.4, -0.2) is 17.6 Å². The summed E-state index contributed by atoms with van der Waals surface area (Å²) in [6.07, 6.45) is -9.96. The zero-order valence-electron chi connectivity index (χ0n) is 20.3. The molecular formula is C29H20F6N2O2. The minimum Gasteiger partial charge on any atom is -0.497 e. The Labute approximate surface area is 218 Å². The molecule has 5 aromatic rings. The molecule has 10 heteroatoms. The van der Waals surface area contributed by atoms with Crippen LogP contribution >= 0.6 is 0 Å². The third-order valence-corrected chi connectivity index (χ3v) is 6.65. The number of ether oxygens (including phenoxy) is 1. The summed E-state index contributed by atoms with van der Waals surface area (Å²) in [5, 5.41) is 1.01. The average Bonchev–Trinajstić information content (AvgIpc) is 3.20. The number of aromatic nitrogens is 1. The van der Waals surface area contributed by atoms with Gasteiger partial charge in [0.1, 0.15) is 5.75 Å². The van der Waals surface area contributed by atoms with Crippen LogP contribution in [-0.2, 0) is 18.9 Å². The van der Waals surface area contributed by atoms with Gasteiger partial charge in [0.25, 0.3) is 0 Å². The maximum atomic E-state index is 13.9. The first kappa shape index (κ1) is 26.1. The highest BCUT2D eigenvalue weighted by Gasteiger charge is 2.38. The molecule has 1 amide bonds. The molecule has 0 aliphatic rings. The molecule has 0 unspecified atom stereocenters. The highest BCUT2D eigenvalue weighted by molar-refractivity contribution is 6.18. The van der Waals surface area contributed by atoms with E-state index in [1.165, 1.54) is 13.2 Å². The van der Waals surface area contributed by atoms with Crippen LogP contribution in [0.1, 0.15) is 27.0 Å². The molecule has 4 aromatic carbocycles. The SMILES string of the molecule is COc1ccc(-c2ccc3c4c(C(N)=O)cccc4n(Cc4ccc(C(F)(F)F)cc4C(F)(F)F)c3c2)cc1. The second-order valence-corrected chi connectivity index (χ2v) is 8.98. The quantitative estimate of drug-likeness (QED) is 0.232. The van der Waals surface area contributed by atoms with E-state index in [1.54, 1.807) is 41.0 Å². The molecule has 0 radical (unpaired) electrons. The second-order valence-electron chi connectivity index (χ2n) is 8.98. The van der Waals surface area contributed by atoms with E-state index in [9.17, 15) is 31.1 Å². The standard InChI is InChI=1S/C29H20F6N2O2/c1-39-20-10-6-16(7-11-20)17-8-12-21-25(13-17)37(24-4-2-3-22(26(21)24)27(36)38)15-18-5-9-19(28(30,31)32)14-23(18)29(33,34)35/h2-14H,15H2,1H3,(H2,36,38). The van der Waals surface area contributed by atoms with E-state index in [0.717, 1.165) is 17.2 Å². The summed E-state index contributed by atoms with van der Waals surface area (Å²) < 4.78 is 88.3. The zero-order valence-corrected chi connectivity index (χ0v) is 20.3. The van der Waals surface area contributed by atoms with Crippen molar-refractivity contribution < 1.29 is 35.9 Å². The summed E-state index contributed by atoms with van der Waals surface area (Å²) >= 11 is 0. The molecule has 0 saturated heterocycles. The van der Waals surface area contributed by atoms with Gasteiger partial charge in [0, 0.05) is 22.9 Å². The molecule has 0 spiro atoms. The number of carbonyl (C=O) groups is 1. The van der Waals surface area contributed by atoms with Crippen LogP contribution in [0.5, 0.6) is 5.75 Å². The molecule has 200 valence electrons. The molecule has 1 aromatic heterocycles. The van der Waals surface area contributed by atoms with Gasteiger partial charge in [-0.3, -0.25) is 4.79 Å². The molecule has 0 aliphatic heterocycles. The lowest BCUT2D eigenvalue weighted by molar-refractivity contribution is -0.143. The number of carbonyl (C=O) groups excluding carboxylic acids is 1. The summed E-state index contributed by atoms with van der Waals surface area (Å²) in [6, 6.07) is 18.8. The average molecular weight is 542 g/mol. The van der Waals surface area contributed by atoms with Crippen LogP contribution in [0.3, 0.4) is 0 Å². The molecule has 5 rings (SSSR count). The molecule has 0 aliphatic carbocycles. The number of rotatable bonds is 5. The Morgan fingerprint density at radius 1 is 0.821 bits per heavy atom. The van der Waals surface area contributed by atoms with E-state index in [2.05, 4.69) is 0 Å². The van der Waals surface area contributed by atoms with Crippen molar-refractivity contribution in [3.05, 3.63) is 101 Å². The molecule has 1 heterocycles. The largest absolute Gasteiger partial charge is 0.497 e. The third-order valence-electron chi connectivity index (χ3n) is 6.65. The Balaban J connectivity index is 1.76. The van der Waals surface area contributed by atoms with Gasteiger partial charge in [-0.05, 0) is 59.2 Å². The number of nitrogens with zero attached hydrogens (tertiary/aromatic N) is 1. The van der Waals surface area contributed by atoms with E-state index in [4.69, 9.17) is 10.5 Å². The van der Waals surface area contributed by atoms with Gasteiger partial charge in [0.15, 0.2) is 0 Å². The highest BCUT2D eigenvalue weighted by Crippen LogP contribution is 2.40. The summed E-state index contributed by atoms with van der Waals surface area (Å²) in [6.45, 7) is -0.402. The molecule has 2 N–H and O–H groups in total. The number of primary amides is 1. The van der Waals surface area contributed by atoms with Crippen molar-refractivity contribution in [3.63, 3.8) is 0 Å². The van der Waals surface area contributed by atoms with Crippen LogP contribution in [0.4, 0.5) is 26.3 Å². The van der Waals surface area contributed by atoms with Crippen LogP contribution in [0, 0.1) is 0 Å². The topological polar surface area (TPSA) is 57.2 Å². The summed E-state index contributed by atoms with van der Waals surface area (Å²) in [4.78, 5) is 12.2. The normalized spacial score (nSPS) is 12.3. The van der Waals surface area contributed by atoms with Crippen LogP contribution < -0.4 is 10.5 Å². The Morgan fingerprint density at radius 2 is 1.51 bits per heavy atom. The van der Waals surface area contributed by atoms with Gasteiger partial charge >= 0.3 is 12.4 Å². The van der Waals surface area contributed by atoms with Crippen molar-refractivity contribution in [2.24, 2.45) is 5.73 Å². The van der Waals surface area contributed by atoms with Gasteiger partial charge in [-0.25, -0.2) is 0 Å². The third kappa shape index (κ3) is 4.78. The van der Waals surface area contributed by atoms with Gasteiger partial charge in [-0.15, -0.1) is 0 Å². The first-order chi connectivity index (χ1) is 18.4. The summed E-state index contributed by atoms with van der Waals surface area (Å²) in [7, 11) is 1.53. The molecule has 0 bridgehead atoms. The Kier molecular flexibility index (Phi) is 6.28. The Bertz CT molecular complexity index is 1720. The van der Waals surface area contributed by atoms with Gasteiger partial charge < -0.3 is 15.0 Å². The van der Waals surface area contributed by atoms with Crippen molar-refractivity contribution in [3.8, 4) is 16.9 Å². The number of fused-ring (bicyclic) bond motifs is 3. The smallest absolute Gasteiger partial charge is 0.416 e. The fourth-order valence-electron chi connectivity index (χ4n) is 4.81. The van der Waals surface area contributed by atoms with Crippen molar-refractivity contribution >= 4 is 27.7 Å². The van der Waals surface area contributed by atoms with E-state index in [-0.39, 0.29) is 17.2 Å². The number of alkyl halides is 6. The Hall–Kier alpha value is -4.47. The van der Waals surface area contributed by atoms with Gasteiger partial charge in [0.2, 0.25) is 5.91 Å². The highest BCUT2D eigenvalue weighted by atomic mass is 19.4. The lowest BCUT2D eigenvalue weighted by Crippen LogP contribution is -2.15. The zero-order chi connectivity index (χ0) is 28.1. The molecular weight excluding hydrogens is 522 g/mol. The number of hydrogen-bond donors (Lipinski definition) is 1. The first-order valence-electron chi connectivity index (χ1n) is 11.6. The predicted molar refractivity (Wildman–Crippen MR) is 135 cm³/mol. The van der Waals surface area contributed by atoms with E-state index in [1.807, 2.05) is 18.2 Å². The fourth-order valence-corrected chi connectivity index (χ4v) is 4.81. The van der Waals surface area contributed by atoms with E-state index in [0.29, 0.717) is 33.6 Å². The van der Waals surface area contributed by atoms with Gasteiger partial charge in [-0.1, -0.05) is 36.4 Å². The van der Waals surface area contributed by atoms with Crippen molar-refractivity contribution in [1.29, 1.82) is 0 Å². The maximum Gasteiger partial charge on any atom is 0.416 e. The first-order valence-corrected chi connectivity index (χ1v) is 11.6. The monoisotopic (exact) mass is 542 g/mol. The second kappa shape index (κ2) is 9.37. The minimum atomic E-state index is -5.03. The van der Waals surface area contributed by atoms with Crippen molar-refractivity contribution in [2.45, 2.75) is 18.9 Å². The van der Waals surface area contributed by atoms with Crippen molar-refractivity contribution in [2.75, 3.05) is 7.11 Å². The molecule has 0 saturated carbocycles. The predicted octanol–water partition coefficient (Wildman–Crippen LogP) is 7.65. The Morgan fingerprint density at radius 3 is 2.13 bits per heavy atom. The maximum absolute atomic E-state index is 13.9. The lowest BCUT2D eigenvalue weighted by atomic mass is 10.0. The van der Waals surface area contributed by atoms with Crippen LogP contribution in [0.25, 0.3) is 32.9 Å². The van der Waals surface area contributed by atoms with Gasteiger partial charge in [-0.2, -0.15) is 26.3 Å². The molecule has 4 nitrogen and oxygen atoms in total. The van der Waals surface area contributed by atoms with Crippen LogP contribution in [0.15, 0.2) is 78.9 Å². The molecule has 39 heavy (non-hydrogen) atoms. The molecule has 0 atom stereocenters. The van der Waals surface area contributed by atoms with Crippen LogP contribution in [0.2, 0.25) is 0 Å². The number of amides is 1. The number of hydrogen-bond acceptors (Lipinski definition) is 2. The fraction of sp³-hybridized carbons (Fsp3) is 0.138. The van der Waals surface area contributed by atoms with E-state index >= 15 is 0 Å². The number of halogens is 6. The minimum absolute atomic E-state index is 0.126. The summed E-state index contributed by atoms with van der Waals surface area (Å²) in [5.74, 6) is -0.0774.